The van der Waals surface area contributed by atoms with E-state index in [1.165, 1.54) is 11.3 Å². The third-order valence-corrected chi connectivity index (χ3v) is 3.91. The maximum absolute atomic E-state index is 13.1. The monoisotopic (exact) mass is 246 g/mol. The van der Waals surface area contributed by atoms with Crippen molar-refractivity contribution in [3.8, 4) is 0 Å². The molecule has 1 N–H and O–H groups in total. The molecule has 1 aromatic heterocycles. The van der Waals surface area contributed by atoms with Crippen molar-refractivity contribution in [3.63, 3.8) is 0 Å². The van der Waals surface area contributed by atoms with Gasteiger partial charge in [0.2, 0.25) is 0 Å². The first-order valence-corrected chi connectivity index (χ1v) is 6.29. The quantitative estimate of drug-likeness (QED) is 0.880. The van der Waals surface area contributed by atoms with Gasteiger partial charge in [0.1, 0.15) is 6.04 Å². The van der Waals surface area contributed by atoms with Crippen molar-refractivity contribution < 1.29 is 8.78 Å². The first-order valence-electron chi connectivity index (χ1n) is 5.48. The zero-order chi connectivity index (χ0) is 11.5. The molecule has 1 fully saturated rings. The van der Waals surface area contributed by atoms with Crippen molar-refractivity contribution in [2.45, 2.75) is 19.4 Å². The molecule has 2 nitrogen and oxygen atoms in total. The van der Waals surface area contributed by atoms with Crippen LogP contribution < -0.4 is 5.32 Å². The average molecular weight is 246 g/mol. The largest absolute Gasteiger partial charge is 0.314 e. The summed E-state index contributed by atoms with van der Waals surface area (Å²) < 4.78 is 26.2. The highest BCUT2D eigenvalue weighted by molar-refractivity contribution is 7.12. The second-order valence-corrected chi connectivity index (χ2v) is 5.33. The minimum Gasteiger partial charge on any atom is -0.314 e. The molecule has 0 bridgehead atoms. The molecular formula is C11H16F2N2S. The molecule has 16 heavy (non-hydrogen) atoms. The van der Waals surface area contributed by atoms with E-state index in [2.05, 4.69) is 5.32 Å². The Morgan fingerprint density at radius 2 is 2.00 bits per heavy atom. The van der Waals surface area contributed by atoms with Gasteiger partial charge < -0.3 is 5.32 Å². The smallest absolute Gasteiger partial charge is 0.258 e. The lowest BCUT2D eigenvalue weighted by Crippen LogP contribution is -2.46. The number of nitrogens with one attached hydrogen (secondary N) is 1. The van der Waals surface area contributed by atoms with Crippen molar-refractivity contribution >= 4 is 11.3 Å². The van der Waals surface area contributed by atoms with Gasteiger partial charge in [0.05, 0.1) is 0 Å². The Bertz CT molecular complexity index is 334. The van der Waals surface area contributed by atoms with Gasteiger partial charge in [-0.25, -0.2) is 8.78 Å². The number of halogens is 2. The number of piperazine rings is 1. The second-order valence-electron chi connectivity index (χ2n) is 4.01. The summed E-state index contributed by atoms with van der Waals surface area (Å²) in [6.07, 6.45) is -2.31. The number of alkyl halides is 2. The summed E-state index contributed by atoms with van der Waals surface area (Å²) in [6, 6.07) is 3.02. The predicted octanol–water partition coefficient (Wildman–Crippen LogP) is 2.27. The molecule has 1 aliphatic rings. The lowest BCUT2D eigenvalue weighted by molar-refractivity contribution is 0.0200. The highest BCUT2D eigenvalue weighted by Crippen LogP contribution is 2.32. The average Bonchev–Trinajstić information content (AvgIpc) is 2.66. The number of nitrogens with zero attached hydrogens (tertiary/aromatic N) is 1. The van der Waals surface area contributed by atoms with Crippen LogP contribution in [0.1, 0.15) is 15.8 Å². The number of aryl methyl sites for hydroxylation is 1. The Hall–Kier alpha value is -0.520. The Morgan fingerprint density at radius 3 is 2.50 bits per heavy atom. The molecule has 1 saturated heterocycles. The Labute approximate surface area is 98.3 Å². The normalized spacial score (nSPS) is 20.2. The summed E-state index contributed by atoms with van der Waals surface area (Å²) in [6.45, 7) is 4.95. The molecular weight excluding hydrogens is 230 g/mol. The minimum absolute atomic E-state index is 0.700. The van der Waals surface area contributed by atoms with Crippen LogP contribution in [0.4, 0.5) is 8.78 Å². The molecule has 0 saturated carbocycles. The van der Waals surface area contributed by atoms with Crippen LogP contribution >= 0.6 is 11.3 Å². The SMILES string of the molecule is Cc1ccc([C@H](C(F)F)N2CCNCC2)s1. The fourth-order valence-corrected chi connectivity index (χ4v) is 3.05. The van der Waals surface area contributed by atoms with Gasteiger partial charge in [0, 0.05) is 35.9 Å². The van der Waals surface area contributed by atoms with E-state index in [1.807, 2.05) is 24.0 Å². The molecule has 0 radical (unpaired) electrons. The molecule has 0 unspecified atom stereocenters. The zero-order valence-electron chi connectivity index (χ0n) is 9.25. The van der Waals surface area contributed by atoms with Crippen molar-refractivity contribution in [1.82, 2.24) is 10.2 Å². The molecule has 1 aliphatic heterocycles. The zero-order valence-corrected chi connectivity index (χ0v) is 10.1. The van der Waals surface area contributed by atoms with E-state index in [0.29, 0.717) is 13.1 Å². The molecule has 5 heteroatoms. The van der Waals surface area contributed by atoms with E-state index >= 15 is 0 Å². The van der Waals surface area contributed by atoms with E-state index in [0.717, 1.165) is 22.8 Å². The van der Waals surface area contributed by atoms with E-state index in [-0.39, 0.29) is 0 Å². The Kier molecular flexibility index (Phi) is 3.89. The molecule has 1 atom stereocenters. The summed E-state index contributed by atoms with van der Waals surface area (Å²) in [5.74, 6) is 0. The number of hydrogen-bond acceptors (Lipinski definition) is 3. The summed E-state index contributed by atoms with van der Waals surface area (Å²) in [7, 11) is 0. The number of rotatable bonds is 3. The van der Waals surface area contributed by atoms with Crippen LogP contribution in [0.5, 0.6) is 0 Å². The highest BCUT2D eigenvalue weighted by Gasteiger charge is 2.30. The van der Waals surface area contributed by atoms with Crippen molar-refractivity contribution in [2.24, 2.45) is 0 Å². The fraction of sp³-hybridized carbons (Fsp3) is 0.636. The van der Waals surface area contributed by atoms with Gasteiger partial charge in [0.25, 0.3) is 6.43 Å². The minimum atomic E-state index is -2.31. The van der Waals surface area contributed by atoms with Crippen LogP contribution in [0, 0.1) is 6.92 Å². The molecule has 2 rings (SSSR count). The molecule has 0 spiro atoms. The van der Waals surface area contributed by atoms with E-state index < -0.39 is 12.5 Å². The van der Waals surface area contributed by atoms with Crippen LogP contribution in [0.15, 0.2) is 12.1 Å². The van der Waals surface area contributed by atoms with Gasteiger partial charge >= 0.3 is 0 Å². The molecule has 2 heterocycles. The van der Waals surface area contributed by atoms with Crippen LogP contribution in [0.25, 0.3) is 0 Å². The number of hydrogen-bond donors (Lipinski definition) is 1. The molecule has 0 aliphatic carbocycles. The van der Waals surface area contributed by atoms with Gasteiger partial charge in [0.15, 0.2) is 0 Å². The molecule has 1 aromatic rings. The standard InChI is InChI=1S/C11H16F2N2S/c1-8-2-3-9(16-8)10(11(12)13)15-6-4-14-5-7-15/h2-3,10-11,14H,4-7H2,1H3/t10-/m1/s1. The van der Waals surface area contributed by atoms with Gasteiger partial charge in [-0.15, -0.1) is 11.3 Å². The van der Waals surface area contributed by atoms with Crippen molar-refractivity contribution in [3.05, 3.63) is 21.9 Å². The third-order valence-electron chi connectivity index (χ3n) is 2.84. The summed E-state index contributed by atoms with van der Waals surface area (Å²) in [4.78, 5) is 3.76. The van der Waals surface area contributed by atoms with Crippen LogP contribution in [-0.4, -0.2) is 37.5 Å². The fourth-order valence-electron chi connectivity index (χ4n) is 2.04. The maximum atomic E-state index is 13.1. The predicted molar refractivity (Wildman–Crippen MR) is 62.2 cm³/mol. The summed E-state index contributed by atoms with van der Waals surface area (Å²) in [5, 5.41) is 3.18. The van der Waals surface area contributed by atoms with Gasteiger partial charge in [-0.2, -0.15) is 0 Å². The molecule has 90 valence electrons. The topological polar surface area (TPSA) is 15.3 Å². The maximum Gasteiger partial charge on any atom is 0.258 e. The molecule has 0 amide bonds. The van der Waals surface area contributed by atoms with E-state index in [9.17, 15) is 8.78 Å². The Morgan fingerprint density at radius 1 is 1.31 bits per heavy atom. The van der Waals surface area contributed by atoms with E-state index in [4.69, 9.17) is 0 Å². The van der Waals surface area contributed by atoms with E-state index in [1.54, 1.807) is 0 Å². The Balaban J connectivity index is 2.16. The summed E-state index contributed by atoms with van der Waals surface area (Å²) >= 11 is 1.48. The van der Waals surface area contributed by atoms with Crippen LogP contribution in [-0.2, 0) is 0 Å². The molecule has 0 aromatic carbocycles. The van der Waals surface area contributed by atoms with Crippen molar-refractivity contribution in [1.29, 1.82) is 0 Å². The third kappa shape index (κ3) is 2.59. The second kappa shape index (κ2) is 5.21. The van der Waals surface area contributed by atoms with Crippen LogP contribution in [0.2, 0.25) is 0 Å². The van der Waals surface area contributed by atoms with Crippen LogP contribution in [0.3, 0.4) is 0 Å². The van der Waals surface area contributed by atoms with Crippen molar-refractivity contribution in [2.75, 3.05) is 26.2 Å². The summed E-state index contributed by atoms with van der Waals surface area (Å²) in [5.41, 5.74) is 0. The van der Waals surface area contributed by atoms with Gasteiger partial charge in [-0.1, -0.05) is 0 Å². The first kappa shape index (κ1) is 12.0. The lowest BCUT2D eigenvalue weighted by atomic mass is 10.2. The van der Waals surface area contributed by atoms with Gasteiger partial charge in [-0.05, 0) is 19.1 Å². The lowest BCUT2D eigenvalue weighted by Gasteiger charge is -2.33. The highest BCUT2D eigenvalue weighted by atomic mass is 32.1. The number of thiophene rings is 1. The first-order chi connectivity index (χ1) is 7.68. The van der Waals surface area contributed by atoms with Gasteiger partial charge in [-0.3, -0.25) is 4.90 Å².